The van der Waals surface area contributed by atoms with Gasteiger partial charge in [0.1, 0.15) is 0 Å². The third kappa shape index (κ3) is 3.03. The molecule has 1 saturated heterocycles. The van der Waals surface area contributed by atoms with Crippen LogP contribution in [0.4, 0.5) is 11.5 Å². The molecule has 0 bridgehead atoms. The summed E-state index contributed by atoms with van der Waals surface area (Å²) >= 11 is 0. The van der Waals surface area contributed by atoms with Crippen LogP contribution in [0.2, 0.25) is 0 Å². The summed E-state index contributed by atoms with van der Waals surface area (Å²) in [6.45, 7) is 10.9. The number of aromatic nitrogens is 1. The van der Waals surface area contributed by atoms with Crippen LogP contribution >= 0.6 is 0 Å². The van der Waals surface area contributed by atoms with Crippen LogP contribution in [0, 0.1) is 12.3 Å². The first kappa shape index (κ1) is 14.6. The molecule has 20 heavy (non-hydrogen) atoms. The van der Waals surface area contributed by atoms with Gasteiger partial charge in [0.25, 0.3) is 0 Å². The van der Waals surface area contributed by atoms with Gasteiger partial charge in [-0.15, -0.1) is 0 Å². The summed E-state index contributed by atoms with van der Waals surface area (Å²) in [6, 6.07) is 3.81. The maximum Gasteiger partial charge on any atom is 0.228 e. The Bertz CT molecular complexity index is 499. The van der Waals surface area contributed by atoms with Crippen molar-refractivity contribution in [3.8, 4) is 0 Å². The minimum Gasteiger partial charge on any atom is -0.396 e. The number of rotatable bonds is 1. The average molecular weight is 276 g/mol. The number of anilines is 2. The molecule has 0 unspecified atom stereocenters. The van der Waals surface area contributed by atoms with E-state index in [4.69, 9.17) is 5.73 Å². The zero-order valence-corrected chi connectivity index (χ0v) is 12.8. The Morgan fingerprint density at radius 1 is 1.20 bits per heavy atom. The number of hydrogen-bond donors (Lipinski definition) is 1. The highest BCUT2D eigenvalue weighted by Gasteiger charge is 2.30. The molecule has 0 saturated carbocycles. The lowest BCUT2D eigenvalue weighted by Crippen LogP contribution is -2.52. The van der Waals surface area contributed by atoms with Crippen LogP contribution in [0.3, 0.4) is 0 Å². The van der Waals surface area contributed by atoms with Gasteiger partial charge in [-0.05, 0) is 19.1 Å². The van der Waals surface area contributed by atoms with E-state index in [1.54, 1.807) is 0 Å². The van der Waals surface area contributed by atoms with Crippen LogP contribution in [-0.2, 0) is 4.79 Å². The predicted molar refractivity (Wildman–Crippen MR) is 81.6 cm³/mol. The van der Waals surface area contributed by atoms with Crippen molar-refractivity contribution < 1.29 is 4.79 Å². The van der Waals surface area contributed by atoms with E-state index in [1.165, 1.54) is 0 Å². The normalized spacial score (nSPS) is 16.4. The molecule has 0 atom stereocenters. The number of nitrogen functional groups attached to an aromatic ring is 1. The van der Waals surface area contributed by atoms with E-state index < -0.39 is 0 Å². The van der Waals surface area contributed by atoms with Gasteiger partial charge >= 0.3 is 0 Å². The average Bonchev–Trinajstić information content (AvgIpc) is 2.40. The Balaban J connectivity index is 2.05. The van der Waals surface area contributed by atoms with Crippen molar-refractivity contribution in [2.75, 3.05) is 36.8 Å². The fraction of sp³-hybridized carbons (Fsp3) is 0.600. The molecule has 1 amide bonds. The molecule has 110 valence electrons. The van der Waals surface area contributed by atoms with E-state index >= 15 is 0 Å². The van der Waals surface area contributed by atoms with Gasteiger partial charge < -0.3 is 15.5 Å². The maximum absolute atomic E-state index is 12.3. The molecule has 2 rings (SSSR count). The number of nitrogens with zero attached hydrogens (tertiary/aromatic N) is 3. The van der Waals surface area contributed by atoms with Crippen molar-refractivity contribution in [3.05, 3.63) is 17.8 Å². The highest BCUT2D eigenvalue weighted by Crippen LogP contribution is 2.24. The molecule has 1 aliphatic rings. The van der Waals surface area contributed by atoms with Gasteiger partial charge in [0.05, 0.1) is 5.69 Å². The minimum absolute atomic E-state index is 0.210. The van der Waals surface area contributed by atoms with Gasteiger partial charge in [-0.25, -0.2) is 4.98 Å². The van der Waals surface area contributed by atoms with Gasteiger partial charge in [0.15, 0.2) is 5.82 Å². The van der Waals surface area contributed by atoms with Crippen molar-refractivity contribution in [2.45, 2.75) is 27.7 Å². The van der Waals surface area contributed by atoms with E-state index in [9.17, 15) is 4.79 Å². The Morgan fingerprint density at radius 3 is 2.35 bits per heavy atom. The van der Waals surface area contributed by atoms with Gasteiger partial charge in [0.2, 0.25) is 5.91 Å². The van der Waals surface area contributed by atoms with Crippen LogP contribution in [0.5, 0.6) is 0 Å². The highest BCUT2D eigenvalue weighted by molar-refractivity contribution is 5.81. The Hall–Kier alpha value is -1.78. The summed E-state index contributed by atoms with van der Waals surface area (Å²) in [5.41, 5.74) is 7.34. The minimum atomic E-state index is -0.317. The summed E-state index contributed by atoms with van der Waals surface area (Å²) in [4.78, 5) is 20.9. The van der Waals surface area contributed by atoms with E-state index in [0.29, 0.717) is 5.69 Å². The number of carbonyl (C=O) groups is 1. The molecular weight excluding hydrogens is 252 g/mol. The summed E-state index contributed by atoms with van der Waals surface area (Å²) in [5, 5.41) is 0. The van der Waals surface area contributed by atoms with Gasteiger partial charge in [0, 0.05) is 37.3 Å². The molecule has 5 heteroatoms. The Labute approximate surface area is 120 Å². The second kappa shape index (κ2) is 5.31. The van der Waals surface area contributed by atoms with Gasteiger partial charge in [-0.2, -0.15) is 0 Å². The molecule has 0 aliphatic carbocycles. The number of aryl methyl sites for hydroxylation is 1. The molecular formula is C15H24N4O. The van der Waals surface area contributed by atoms with Gasteiger partial charge in [-0.1, -0.05) is 20.8 Å². The lowest BCUT2D eigenvalue weighted by atomic mass is 9.94. The third-order valence-corrected chi connectivity index (χ3v) is 3.55. The molecule has 5 nitrogen and oxygen atoms in total. The lowest BCUT2D eigenvalue weighted by Gasteiger charge is -2.38. The second-order valence-corrected chi connectivity index (χ2v) is 6.39. The largest absolute Gasteiger partial charge is 0.396 e. The maximum atomic E-state index is 12.3. The van der Waals surface area contributed by atoms with Crippen molar-refractivity contribution in [3.63, 3.8) is 0 Å². The molecule has 1 fully saturated rings. The Kier molecular flexibility index (Phi) is 3.88. The first-order valence-electron chi connectivity index (χ1n) is 7.06. The quantitative estimate of drug-likeness (QED) is 0.847. The lowest BCUT2D eigenvalue weighted by molar-refractivity contribution is -0.139. The van der Waals surface area contributed by atoms with E-state index in [-0.39, 0.29) is 11.3 Å². The number of hydrogen-bond acceptors (Lipinski definition) is 4. The molecule has 2 N–H and O–H groups in total. The van der Waals surface area contributed by atoms with Crippen LogP contribution in [0.1, 0.15) is 26.5 Å². The summed E-state index contributed by atoms with van der Waals surface area (Å²) in [7, 11) is 0. The molecule has 1 aromatic rings. The van der Waals surface area contributed by atoms with Gasteiger partial charge in [-0.3, -0.25) is 4.79 Å². The van der Waals surface area contributed by atoms with E-state index in [0.717, 1.165) is 37.7 Å². The predicted octanol–water partition coefficient (Wildman–Crippen LogP) is 1.67. The molecule has 0 spiro atoms. The molecule has 2 heterocycles. The molecule has 1 aromatic heterocycles. The highest BCUT2D eigenvalue weighted by atomic mass is 16.2. The summed E-state index contributed by atoms with van der Waals surface area (Å²) in [6.07, 6.45) is 0. The fourth-order valence-corrected chi connectivity index (χ4v) is 2.40. The monoisotopic (exact) mass is 276 g/mol. The standard InChI is InChI=1S/C15H24N4O/c1-11-5-6-12(16)13(17-11)18-7-9-19(10-8-18)14(20)15(2,3)4/h5-6H,7-10,16H2,1-4H3. The van der Waals surface area contributed by atoms with E-state index in [1.807, 2.05) is 44.7 Å². The van der Waals surface area contributed by atoms with Crippen LogP contribution in [0.25, 0.3) is 0 Å². The van der Waals surface area contributed by atoms with Crippen LogP contribution in [0.15, 0.2) is 12.1 Å². The molecule has 1 aliphatic heterocycles. The summed E-state index contributed by atoms with van der Waals surface area (Å²) < 4.78 is 0. The van der Waals surface area contributed by atoms with Crippen molar-refractivity contribution >= 4 is 17.4 Å². The second-order valence-electron chi connectivity index (χ2n) is 6.39. The topological polar surface area (TPSA) is 62.5 Å². The van der Waals surface area contributed by atoms with Crippen molar-refractivity contribution in [1.29, 1.82) is 0 Å². The van der Waals surface area contributed by atoms with Crippen molar-refractivity contribution in [1.82, 2.24) is 9.88 Å². The number of carbonyl (C=O) groups excluding carboxylic acids is 1. The van der Waals surface area contributed by atoms with Crippen LogP contribution in [-0.4, -0.2) is 42.0 Å². The first-order valence-corrected chi connectivity index (χ1v) is 7.06. The third-order valence-electron chi connectivity index (χ3n) is 3.55. The SMILES string of the molecule is Cc1ccc(N)c(N2CCN(C(=O)C(C)(C)C)CC2)n1. The first-order chi connectivity index (χ1) is 9.29. The number of piperazine rings is 1. The zero-order valence-electron chi connectivity index (χ0n) is 12.8. The van der Waals surface area contributed by atoms with Crippen LogP contribution < -0.4 is 10.6 Å². The number of nitrogens with two attached hydrogens (primary N) is 1. The molecule has 0 radical (unpaired) electrons. The smallest absolute Gasteiger partial charge is 0.228 e. The number of pyridine rings is 1. The summed E-state index contributed by atoms with van der Waals surface area (Å²) in [5.74, 6) is 1.05. The Morgan fingerprint density at radius 2 is 1.80 bits per heavy atom. The molecule has 0 aromatic carbocycles. The van der Waals surface area contributed by atoms with E-state index in [2.05, 4.69) is 9.88 Å². The van der Waals surface area contributed by atoms with Crippen molar-refractivity contribution in [2.24, 2.45) is 5.41 Å². The zero-order chi connectivity index (χ0) is 14.9. The number of amides is 1. The fourth-order valence-electron chi connectivity index (χ4n) is 2.40.